The normalized spacial score (nSPS) is 10.9. The van der Waals surface area contributed by atoms with Crippen LogP contribution in [0.15, 0.2) is 0 Å². The van der Waals surface area contributed by atoms with Gasteiger partial charge in [-0.2, -0.15) is 0 Å². The lowest BCUT2D eigenvalue weighted by Gasteiger charge is -2.07. The van der Waals surface area contributed by atoms with Crippen LogP contribution in [0.2, 0.25) is 0 Å². The first-order chi connectivity index (χ1) is 6.39. The van der Waals surface area contributed by atoms with Crippen molar-refractivity contribution in [3.63, 3.8) is 0 Å². The Morgan fingerprint density at radius 3 is 1.57 bits per heavy atom. The number of nitrogens with zero attached hydrogens (tertiary/aromatic N) is 3. The second-order valence-corrected chi connectivity index (χ2v) is 2.37. The summed E-state index contributed by atoms with van der Waals surface area (Å²) < 4.78 is 0. The molecule has 80 valence electrons. The van der Waals surface area contributed by atoms with Crippen molar-refractivity contribution >= 4 is 0 Å². The summed E-state index contributed by atoms with van der Waals surface area (Å²) in [7, 11) is 0. The second kappa shape index (κ2) is 4.41. The number of hydrogen-bond acceptors (Lipinski definition) is 7. The van der Waals surface area contributed by atoms with Gasteiger partial charge in [0, 0.05) is 6.61 Å². The Morgan fingerprint density at radius 1 is 1.00 bits per heavy atom. The maximum absolute atomic E-state index is 10.3. The van der Waals surface area contributed by atoms with Crippen molar-refractivity contribution in [3.05, 3.63) is 30.3 Å². The van der Waals surface area contributed by atoms with Crippen molar-refractivity contribution in [2.24, 2.45) is 0 Å². The van der Waals surface area contributed by atoms with Gasteiger partial charge in [0.1, 0.15) is 0 Å². The molecule has 0 amide bonds. The number of aliphatic hydroxyl groups excluding tert-OH is 1. The molecule has 0 heterocycles. The summed E-state index contributed by atoms with van der Waals surface area (Å²) in [6, 6.07) is 0. The van der Waals surface area contributed by atoms with E-state index < -0.39 is 33.6 Å². The number of rotatable bonds is 6. The third kappa shape index (κ3) is 1.90. The summed E-state index contributed by atoms with van der Waals surface area (Å²) in [5.74, 6) is -3.44. The second-order valence-electron chi connectivity index (χ2n) is 2.37. The summed E-state index contributed by atoms with van der Waals surface area (Å²) >= 11 is 0. The molecule has 0 atom stereocenters. The fourth-order valence-corrected chi connectivity index (χ4v) is 0.790. The Bertz CT molecular complexity index is 228. The molecule has 0 aliphatic carbocycles. The molecule has 0 bridgehead atoms. The minimum Gasteiger partial charge on any atom is -0.396 e. The predicted octanol–water partition coefficient (Wildman–Crippen LogP) is -0.757. The highest BCUT2D eigenvalue weighted by Gasteiger charge is 2.69. The molecule has 0 saturated heterocycles. The van der Waals surface area contributed by atoms with E-state index in [1.165, 1.54) is 0 Å². The molecule has 0 saturated carbocycles. The zero-order valence-electron chi connectivity index (χ0n) is 6.86. The Morgan fingerprint density at radius 2 is 1.36 bits per heavy atom. The van der Waals surface area contributed by atoms with Crippen LogP contribution < -0.4 is 0 Å². The summed E-state index contributed by atoms with van der Waals surface area (Å²) in [5.41, 5.74) is 0. The Kier molecular flexibility index (Phi) is 3.83. The van der Waals surface area contributed by atoms with Gasteiger partial charge in [-0.05, 0) is 6.42 Å². The molecule has 0 fully saturated rings. The van der Waals surface area contributed by atoms with Crippen LogP contribution in [0.25, 0.3) is 0 Å². The van der Waals surface area contributed by atoms with Crippen LogP contribution in [0.4, 0.5) is 0 Å². The molecule has 0 aliphatic rings. The van der Waals surface area contributed by atoms with Crippen LogP contribution in [-0.2, 0) is 0 Å². The molecule has 0 aromatic heterocycles. The number of aliphatic hydroxyl groups is 1. The summed E-state index contributed by atoms with van der Waals surface area (Å²) in [4.78, 5) is 26.1. The minimum atomic E-state index is -3.44. The van der Waals surface area contributed by atoms with Crippen LogP contribution in [0.1, 0.15) is 12.8 Å². The molecular formula is C4H7N3O7. The molecule has 14 heavy (non-hydrogen) atoms. The summed E-state index contributed by atoms with van der Waals surface area (Å²) in [5, 5.41) is 39.1. The minimum absolute atomic E-state index is 0.386. The first kappa shape index (κ1) is 12.2. The molecule has 0 spiro atoms. The lowest BCUT2D eigenvalue weighted by molar-refractivity contribution is -0.970. The first-order valence-electron chi connectivity index (χ1n) is 3.44. The first-order valence-corrected chi connectivity index (χ1v) is 3.44. The average Bonchev–Trinajstić information content (AvgIpc) is 2.03. The maximum Gasteiger partial charge on any atom is 0.699 e. The van der Waals surface area contributed by atoms with Crippen molar-refractivity contribution in [1.82, 2.24) is 0 Å². The predicted molar refractivity (Wildman–Crippen MR) is 40.0 cm³/mol. The Hall–Kier alpha value is -1.84. The maximum atomic E-state index is 10.3. The van der Waals surface area contributed by atoms with Gasteiger partial charge in [-0.3, -0.25) is 30.3 Å². The van der Waals surface area contributed by atoms with Gasteiger partial charge in [0.25, 0.3) is 0 Å². The van der Waals surface area contributed by atoms with Crippen molar-refractivity contribution in [2.45, 2.75) is 18.6 Å². The van der Waals surface area contributed by atoms with Gasteiger partial charge in [-0.15, -0.1) is 0 Å². The van der Waals surface area contributed by atoms with Gasteiger partial charge < -0.3 is 5.11 Å². The zero-order chi connectivity index (χ0) is 11.4. The van der Waals surface area contributed by atoms with E-state index in [0.717, 1.165) is 0 Å². The molecule has 10 nitrogen and oxygen atoms in total. The quantitative estimate of drug-likeness (QED) is 0.343. The average molecular weight is 209 g/mol. The molecule has 0 aromatic carbocycles. The molecule has 0 unspecified atom stereocenters. The molecule has 1 N–H and O–H groups in total. The highest BCUT2D eigenvalue weighted by molar-refractivity contribution is 4.53. The van der Waals surface area contributed by atoms with Crippen LogP contribution in [0.5, 0.6) is 0 Å². The SMILES string of the molecule is O=[N+]([O-])C(CCCO)([N+](=O)[O-])[N+](=O)[O-]. The van der Waals surface area contributed by atoms with Crippen LogP contribution >= 0.6 is 0 Å². The van der Waals surface area contributed by atoms with Gasteiger partial charge >= 0.3 is 5.79 Å². The Balaban J connectivity index is 5.06. The van der Waals surface area contributed by atoms with Gasteiger partial charge in [0.15, 0.2) is 21.2 Å². The van der Waals surface area contributed by atoms with Crippen LogP contribution in [0.3, 0.4) is 0 Å². The van der Waals surface area contributed by atoms with Crippen LogP contribution in [0, 0.1) is 30.3 Å². The van der Waals surface area contributed by atoms with Gasteiger partial charge in [0.05, 0.1) is 0 Å². The molecule has 0 rings (SSSR count). The monoisotopic (exact) mass is 209 g/mol. The van der Waals surface area contributed by atoms with Crippen molar-refractivity contribution < 1.29 is 19.9 Å². The lowest BCUT2D eigenvalue weighted by atomic mass is 10.2. The third-order valence-electron chi connectivity index (χ3n) is 1.55. The van der Waals surface area contributed by atoms with Gasteiger partial charge in [-0.25, -0.2) is 0 Å². The summed E-state index contributed by atoms with van der Waals surface area (Å²) in [6.45, 7) is -0.586. The van der Waals surface area contributed by atoms with Crippen molar-refractivity contribution in [1.29, 1.82) is 0 Å². The van der Waals surface area contributed by atoms with E-state index in [1.807, 2.05) is 0 Å². The fraction of sp³-hybridized carbons (Fsp3) is 1.00. The third-order valence-corrected chi connectivity index (χ3v) is 1.55. The largest absolute Gasteiger partial charge is 0.699 e. The smallest absolute Gasteiger partial charge is 0.396 e. The fourth-order valence-electron chi connectivity index (χ4n) is 0.790. The Labute approximate surface area is 76.6 Å². The van der Waals surface area contributed by atoms with E-state index in [4.69, 9.17) is 5.11 Å². The van der Waals surface area contributed by atoms with Gasteiger partial charge in [0.2, 0.25) is 0 Å². The molecule has 0 aromatic rings. The van der Waals surface area contributed by atoms with E-state index >= 15 is 0 Å². The van der Waals surface area contributed by atoms with Gasteiger partial charge in [-0.1, -0.05) is 0 Å². The lowest BCUT2D eigenvalue weighted by Crippen LogP contribution is -2.53. The number of hydrogen-bond donors (Lipinski definition) is 1. The molecule has 10 heteroatoms. The van der Waals surface area contributed by atoms with E-state index in [-0.39, 0.29) is 6.42 Å². The zero-order valence-corrected chi connectivity index (χ0v) is 6.86. The van der Waals surface area contributed by atoms with E-state index in [2.05, 4.69) is 0 Å². The molecular weight excluding hydrogens is 202 g/mol. The summed E-state index contributed by atoms with van der Waals surface area (Å²) in [6.07, 6.45) is -1.33. The standard InChI is InChI=1S/C4H7N3O7/c8-3-1-2-4(5(9)10,6(11)12)7(13)14/h8H,1-3H2. The van der Waals surface area contributed by atoms with Crippen molar-refractivity contribution in [3.8, 4) is 0 Å². The van der Waals surface area contributed by atoms with Crippen LogP contribution in [-0.4, -0.2) is 32.3 Å². The van der Waals surface area contributed by atoms with E-state index in [1.54, 1.807) is 0 Å². The highest BCUT2D eigenvalue weighted by Crippen LogP contribution is 2.18. The van der Waals surface area contributed by atoms with E-state index in [9.17, 15) is 30.3 Å². The van der Waals surface area contributed by atoms with Crippen molar-refractivity contribution in [2.75, 3.05) is 6.61 Å². The number of nitro groups is 3. The van der Waals surface area contributed by atoms with E-state index in [0.29, 0.717) is 0 Å². The topological polar surface area (TPSA) is 150 Å². The molecule has 0 aliphatic heterocycles. The highest BCUT2D eigenvalue weighted by atomic mass is 16.7. The molecule has 0 radical (unpaired) electrons.